The summed E-state index contributed by atoms with van der Waals surface area (Å²) in [5.74, 6) is 2.16. The Kier molecular flexibility index (Phi) is 4.02. The van der Waals surface area contributed by atoms with Crippen molar-refractivity contribution in [2.45, 2.75) is 6.92 Å². The zero-order valence-corrected chi connectivity index (χ0v) is 11.7. The molecule has 0 aliphatic heterocycles. The summed E-state index contributed by atoms with van der Waals surface area (Å²) in [4.78, 5) is 0.323. The first-order chi connectivity index (χ1) is 9.10. The Hall–Kier alpha value is -2.07. The van der Waals surface area contributed by atoms with Crippen LogP contribution in [0.25, 0.3) is 0 Å². The Bertz CT molecular complexity index is 594. The smallest absolute Gasteiger partial charge is 0.137 e. The maximum atomic E-state index is 5.83. The average Bonchev–Trinajstić information content (AvgIpc) is 2.39. The van der Waals surface area contributed by atoms with Gasteiger partial charge >= 0.3 is 0 Å². The van der Waals surface area contributed by atoms with Crippen LogP contribution in [0.15, 0.2) is 42.5 Å². The fourth-order valence-electron chi connectivity index (χ4n) is 1.69. The number of thiocarbonyl (C=S) groups is 1. The van der Waals surface area contributed by atoms with Crippen molar-refractivity contribution >= 4 is 17.2 Å². The van der Waals surface area contributed by atoms with Crippen molar-refractivity contribution in [3.05, 3.63) is 53.6 Å². The summed E-state index contributed by atoms with van der Waals surface area (Å²) in [5, 5.41) is 0. The minimum atomic E-state index is 0.323. The Morgan fingerprint density at radius 3 is 2.26 bits per heavy atom. The van der Waals surface area contributed by atoms with Gasteiger partial charge in [0.2, 0.25) is 0 Å². The first-order valence-electron chi connectivity index (χ1n) is 5.82. The molecule has 0 fully saturated rings. The number of aryl methyl sites for hydroxylation is 1. The fourth-order valence-corrected chi connectivity index (χ4v) is 1.86. The highest BCUT2D eigenvalue weighted by molar-refractivity contribution is 7.80. The molecule has 4 heteroatoms. The summed E-state index contributed by atoms with van der Waals surface area (Å²) in [6.45, 7) is 1.99. The lowest BCUT2D eigenvalue weighted by atomic mass is 10.1. The van der Waals surface area contributed by atoms with Crippen LogP contribution in [0.1, 0.15) is 11.1 Å². The molecule has 0 spiro atoms. The molecule has 2 rings (SSSR count). The van der Waals surface area contributed by atoms with E-state index in [0.717, 1.165) is 16.9 Å². The third-order valence-corrected chi connectivity index (χ3v) is 2.91. The van der Waals surface area contributed by atoms with Gasteiger partial charge in [0.05, 0.1) is 12.7 Å². The predicted octanol–water partition coefficient (Wildman–Crippen LogP) is 3.43. The van der Waals surface area contributed by atoms with Gasteiger partial charge in [0.1, 0.15) is 22.2 Å². The lowest BCUT2D eigenvalue weighted by Gasteiger charge is -2.11. The van der Waals surface area contributed by atoms with E-state index in [9.17, 15) is 0 Å². The van der Waals surface area contributed by atoms with Crippen molar-refractivity contribution in [1.82, 2.24) is 0 Å². The molecule has 98 valence electrons. The van der Waals surface area contributed by atoms with Crippen molar-refractivity contribution in [2.75, 3.05) is 7.11 Å². The van der Waals surface area contributed by atoms with Crippen molar-refractivity contribution in [3.8, 4) is 17.2 Å². The quantitative estimate of drug-likeness (QED) is 0.867. The number of hydrogen-bond donors (Lipinski definition) is 1. The molecular formula is C15H15NO2S. The lowest BCUT2D eigenvalue weighted by Crippen LogP contribution is -2.10. The summed E-state index contributed by atoms with van der Waals surface area (Å²) in [6, 6.07) is 13.1. The van der Waals surface area contributed by atoms with Crippen molar-refractivity contribution < 1.29 is 9.47 Å². The van der Waals surface area contributed by atoms with E-state index in [0.29, 0.717) is 16.5 Å². The monoisotopic (exact) mass is 273 g/mol. The molecule has 2 aromatic carbocycles. The highest BCUT2D eigenvalue weighted by atomic mass is 32.1. The zero-order chi connectivity index (χ0) is 13.8. The van der Waals surface area contributed by atoms with Gasteiger partial charge in [-0.1, -0.05) is 18.3 Å². The second kappa shape index (κ2) is 5.71. The van der Waals surface area contributed by atoms with Crippen LogP contribution >= 0.6 is 12.2 Å². The molecule has 0 bridgehead atoms. The van der Waals surface area contributed by atoms with Crippen LogP contribution < -0.4 is 15.2 Å². The van der Waals surface area contributed by atoms with Gasteiger partial charge in [-0.3, -0.25) is 0 Å². The van der Waals surface area contributed by atoms with Crippen molar-refractivity contribution in [2.24, 2.45) is 5.73 Å². The molecule has 0 aliphatic carbocycles. The number of nitrogens with two attached hydrogens (primary N) is 1. The number of rotatable bonds is 4. The van der Waals surface area contributed by atoms with Crippen LogP contribution in [-0.2, 0) is 0 Å². The fraction of sp³-hybridized carbons (Fsp3) is 0.133. The second-order valence-corrected chi connectivity index (χ2v) is 4.58. The summed E-state index contributed by atoms with van der Waals surface area (Å²) in [6.07, 6.45) is 0. The Morgan fingerprint density at radius 2 is 1.68 bits per heavy atom. The maximum absolute atomic E-state index is 5.83. The topological polar surface area (TPSA) is 44.5 Å². The van der Waals surface area contributed by atoms with Gasteiger partial charge in [0, 0.05) is 0 Å². The molecule has 0 heterocycles. The molecule has 0 saturated carbocycles. The predicted molar refractivity (Wildman–Crippen MR) is 80.1 cm³/mol. The normalized spacial score (nSPS) is 10.0. The summed E-state index contributed by atoms with van der Waals surface area (Å²) in [5.41, 5.74) is 7.51. The van der Waals surface area contributed by atoms with E-state index in [-0.39, 0.29) is 0 Å². The molecule has 0 amide bonds. The van der Waals surface area contributed by atoms with Crippen LogP contribution in [0.2, 0.25) is 0 Å². The van der Waals surface area contributed by atoms with Gasteiger partial charge < -0.3 is 15.2 Å². The molecule has 19 heavy (non-hydrogen) atoms. The van der Waals surface area contributed by atoms with Gasteiger partial charge in [-0.2, -0.15) is 0 Å². The van der Waals surface area contributed by atoms with Gasteiger partial charge in [0.15, 0.2) is 0 Å². The summed E-state index contributed by atoms with van der Waals surface area (Å²) >= 11 is 5.03. The molecule has 0 aliphatic rings. The van der Waals surface area contributed by atoms with E-state index in [2.05, 4.69) is 0 Å². The molecule has 2 N–H and O–H groups in total. The molecule has 0 aromatic heterocycles. The van der Waals surface area contributed by atoms with Crippen LogP contribution in [0.3, 0.4) is 0 Å². The number of ether oxygens (including phenoxy) is 2. The first-order valence-corrected chi connectivity index (χ1v) is 6.23. The van der Waals surface area contributed by atoms with Crippen LogP contribution in [0.4, 0.5) is 0 Å². The standard InChI is InChI=1S/C15H15NO2S/c1-10-3-8-13(15(16)19)14(9-10)18-12-6-4-11(17-2)5-7-12/h3-9H,1-2H3,(H2,16,19). The third kappa shape index (κ3) is 3.23. The zero-order valence-electron chi connectivity index (χ0n) is 10.8. The van der Waals surface area contributed by atoms with Gasteiger partial charge in [-0.05, 0) is 48.9 Å². The van der Waals surface area contributed by atoms with Gasteiger partial charge in [-0.25, -0.2) is 0 Å². The van der Waals surface area contributed by atoms with E-state index >= 15 is 0 Å². The number of benzene rings is 2. The lowest BCUT2D eigenvalue weighted by molar-refractivity contribution is 0.413. The molecule has 0 radical (unpaired) electrons. The molecule has 2 aromatic rings. The minimum Gasteiger partial charge on any atom is -0.497 e. The van der Waals surface area contributed by atoms with Crippen LogP contribution in [0, 0.1) is 6.92 Å². The first kappa shape index (κ1) is 13.4. The molecular weight excluding hydrogens is 258 g/mol. The van der Waals surface area contributed by atoms with Crippen molar-refractivity contribution in [3.63, 3.8) is 0 Å². The average molecular weight is 273 g/mol. The van der Waals surface area contributed by atoms with E-state index in [1.807, 2.05) is 49.4 Å². The summed E-state index contributed by atoms with van der Waals surface area (Å²) < 4.78 is 10.9. The Morgan fingerprint density at radius 1 is 1.05 bits per heavy atom. The molecule has 0 atom stereocenters. The van der Waals surface area contributed by atoms with E-state index in [1.54, 1.807) is 7.11 Å². The number of methoxy groups -OCH3 is 1. The van der Waals surface area contributed by atoms with Gasteiger partial charge in [0.25, 0.3) is 0 Å². The Balaban J connectivity index is 2.31. The van der Waals surface area contributed by atoms with Crippen LogP contribution in [-0.4, -0.2) is 12.1 Å². The SMILES string of the molecule is COc1ccc(Oc2cc(C)ccc2C(N)=S)cc1. The summed E-state index contributed by atoms with van der Waals surface area (Å²) in [7, 11) is 1.63. The van der Waals surface area contributed by atoms with E-state index < -0.39 is 0 Å². The minimum absolute atomic E-state index is 0.323. The highest BCUT2D eigenvalue weighted by Gasteiger charge is 2.08. The van der Waals surface area contributed by atoms with Gasteiger partial charge in [-0.15, -0.1) is 0 Å². The van der Waals surface area contributed by atoms with Crippen LogP contribution in [0.5, 0.6) is 17.2 Å². The third-order valence-electron chi connectivity index (χ3n) is 2.69. The van der Waals surface area contributed by atoms with Crippen molar-refractivity contribution in [1.29, 1.82) is 0 Å². The molecule has 0 saturated heterocycles. The molecule has 0 unspecified atom stereocenters. The second-order valence-electron chi connectivity index (χ2n) is 4.14. The van der Waals surface area contributed by atoms with E-state index in [1.165, 1.54) is 0 Å². The number of hydrogen-bond acceptors (Lipinski definition) is 3. The maximum Gasteiger partial charge on any atom is 0.137 e. The Labute approximate surface area is 118 Å². The van der Waals surface area contributed by atoms with E-state index in [4.69, 9.17) is 27.4 Å². The largest absolute Gasteiger partial charge is 0.497 e. The molecule has 3 nitrogen and oxygen atoms in total. The highest BCUT2D eigenvalue weighted by Crippen LogP contribution is 2.27.